The van der Waals surface area contributed by atoms with Crippen molar-refractivity contribution in [2.75, 3.05) is 0 Å². The topological polar surface area (TPSA) is 66.4 Å². The van der Waals surface area contributed by atoms with Gasteiger partial charge < -0.3 is 10.4 Å². The van der Waals surface area contributed by atoms with Crippen LogP contribution in [0.25, 0.3) is 0 Å². The number of aryl methyl sites for hydroxylation is 2. The number of thiophene rings is 1. The van der Waals surface area contributed by atoms with Gasteiger partial charge in [-0.3, -0.25) is 9.59 Å². The monoisotopic (exact) mass is 295 g/mol. The minimum absolute atomic E-state index is 0.0552. The van der Waals surface area contributed by atoms with E-state index in [9.17, 15) is 9.59 Å². The van der Waals surface area contributed by atoms with Crippen LogP contribution in [0.2, 0.25) is 0 Å². The Balaban J connectivity index is 2.09. The highest BCUT2D eigenvalue weighted by atomic mass is 32.1. The zero-order valence-corrected chi connectivity index (χ0v) is 13.0. The zero-order chi connectivity index (χ0) is 14.9. The molecule has 1 unspecified atom stereocenters. The average molecular weight is 295 g/mol. The number of carboxylic acid groups (broad SMARTS) is 1. The molecule has 5 heteroatoms. The molecule has 1 heterocycles. The van der Waals surface area contributed by atoms with Crippen molar-refractivity contribution >= 4 is 23.2 Å². The predicted molar refractivity (Wildman–Crippen MR) is 79.3 cm³/mol. The Kier molecular flexibility index (Phi) is 4.18. The van der Waals surface area contributed by atoms with Gasteiger partial charge >= 0.3 is 5.97 Å². The second-order valence-corrected chi connectivity index (χ2v) is 7.54. The minimum atomic E-state index is -0.890. The summed E-state index contributed by atoms with van der Waals surface area (Å²) in [5.74, 6) is -1.04. The lowest BCUT2D eigenvalue weighted by atomic mass is 9.84. The van der Waals surface area contributed by atoms with Crippen LogP contribution in [-0.4, -0.2) is 23.0 Å². The van der Waals surface area contributed by atoms with Gasteiger partial charge in [0.25, 0.3) is 5.91 Å². The molecule has 0 saturated heterocycles. The SMILES string of the molecule is CC(C)(C)C(CC(=O)O)NC(=O)c1cc2c(s1)CCC2. The number of hydrogen-bond acceptors (Lipinski definition) is 3. The maximum absolute atomic E-state index is 12.3. The molecule has 1 atom stereocenters. The molecule has 110 valence electrons. The first-order valence-electron chi connectivity index (χ1n) is 6.91. The van der Waals surface area contributed by atoms with Crippen LogP contribution in [-0.2, 0) is 17.6 Å². The van der Waals surface area contributed by atoms with E-state index in [4.69, 9.17) is 5.11 Å². The summed E-state index contributed by atoms with van der Waals surface area (Å²) in [6.45, 7) is 5.82. The van der Waals surface area contributed by atoms with Crippen LogP contribution in [0.15, 0.2) is 6.07 Å². The van der Waals surface area contributed by atoms with E-state index in [-0.39, 0.29) is 23.8 Å². The third-order valence-corrected chi connectivity index (χ3v) is 4.94. The second kappa shape index (κ2) is 5.56. The van der Waals surface area contributed by atoms with E-state index in [0.717, 1.165) is 12.8 Å². The number of carboxylic acids is 1. The van der Waals surface area contributed by atoms with E-state index >= 15 is 0 Å². The fourth-order valence-corrected chi connectivity index (χ4v) is 3.58. The molecule has 0 spiro atoms. The number of fused-ring (bicyclic) bond motifs is 1. The summed E-state index contributed by atoms with van der Waals surface area (Å²) < 4.78 is 0. The standard InChI is InChI=1S/C15H21NO3S/c1-15(2,3)12(8-13(17)18)16-14(19)11-7-9-5-4-6-10(9)20-11/h7,12H,4-6,8H2,1-3H3,(H,16,19)(H,17,18). The zero-order valence-electron chi connectivity index (χ0n) is 12.2. The first kappa shape index (κ1) is 15.0. The van der Waals surface area contributed by atoms with Crippen LogP contribution in [0.5, 0.6) is 0 Å². The van der Waals surface area contributed by atoms with Crippen LogP contribution in [0.1, 0.15) is 53.7 Å². The van der Waals surface area contributed by atoms with Gasteiger partial charge in [0.1, 0.15) is 0 Å². The second-order valence-electron chi connectivity index (χ2n) is 6.40. The predicted octanol–water partition coefficient (Wildman–Crippen LogP) is 2.86. The average Bonchev–Trinajstić information content (AvgIpc) is 2.85. The number of carbonyl (C=O) groups excluding carboxylic acids is 1. The highest BCUT2D eigenvalue weighted by molar-refractivity contribution is 7.14. The van der Waals surface area contributed by atoms with E-state index in [1.165, 1.54) is 16.9 Å². The molecule has 1 aromatic heterocycles. The van der Waals surface area contributed by atoms with Crippen LogP contribution in [0.4, 0.5) is 0 Å². The Morgan fingerprint density at radius 1 is 1.40 bits per heavy atom. The van der Waals surface area contributed by atoms with Gasteiger partial charge in [0, 0.05) is 10.9 Å². The van der Waals surface area contributed by atoms with Gasteiger partial charge in [-0.05, 0) is 36.3 Å². The maximum atomic E-state index is 12.3. The van der Waals surface area contributed by atoms with Crippen LogP contribution >= 0.6 is 11.3 Å². The molecule has 4 nitrogen and oxygen atoms in total. The highest BCUT2D eigenvalue weighted by Crippen LogP contribution is 2.31. The van der Waals surface area contributed by atoms with Gasteiger partial charge in [-0.1, -0.05) is 20.8 Å². The number of aliphatic carboxylic acids is 1. The molecule has 0 fully saturated rings. The molecule has 0 aliphatic heterocycles. The third kappa shape index (κ3) is 3.39. The summed E-state index contributed by atoms with van der Waals surface area (Å²) in [5.41, 5.74) is 0.999. The van der Waals surface area contributed by atoms with E-state index in [1.807, 2.05) is 26.8 Å². The highest BCUT2D eigenvalue weighted by Gasteiger charge is 2.29. The number of hydrogen-bond donors (Lipinski definition) is 2. The van der Waals surface area contributed by atoms with E-state index in [0.29, 0.717) is 4.88 Å². The summed E-state index contributed by atoms with van der Waals surface area (Å²) in [6, 6.07) is 1.59. The first-order chi connectivity index (χ1) is 9.27. The molecule has 1 amide bonds. The molecule has 0 saturated carbocycles. The van der Waals surface area contributed by atoms with Crippen molar-refractivity contribution in [2.24, 2.45) is 5.41 Å². The van der Waals surface area contributed by atoms with Crippen molar-refractivity contribution in [3.8, 4) is 0 Å². The molecule has 0 bridgehead atoms. The molecular weight excluding hydrogens is 274 g/mol. The quantitative estimate of drug-likeness (QED) is 0.897. The summed E-state index contributed by atoms with van der Waals surface area (Å²) in [5, 5.41) is 11.9. The smallest absolute Gasteiger partial charge is 0.305 e. The van der Waals surface area contributed by atoms with E-state index in [1.54, 1.807) is 11.3 Å². The van der Waals surface area contributed by atoms with Crippen molar-refractivity contribution < 1.29 is 14.7 Å². The van der Waals surface area contributed by atoms with Gasteiger partial charge in [-0.25, -0.2) is 0 Å². The Morgan fingerprint density at radius 2 is 2.10 bits per heavy atom. The van der Waals surface area contributed by atoms with Crippen molar-refractivity contribution in [2.45, 2.75) is 52.5 Å². The molecular formula is C15H21NO3S. The molecule has 20 heavy (non-hydrogen) atoms. The lowest BCUT2D eigenvalue weighted by Gasteiger charge is -2.30. The van der Waals surface area contributed by atoms with Gasteiger partial charge in [0.05, 0.1) is 11.3 Å². The Hall–Kier alpha value is -1.36. The summed E-state index contributed by atoms with van der Waals surface area (Å²) in [7, 11) is 0. The largest absolute Gasteiger partial charge is 0.481 e. The number of amides is 1. The van der Waals surface area contributed by atoms with Crippen molar-refractivity contribution in [3.05, 3.63) is 21.4 Å². The molecule has 0 aromatic carbocycles. The summed E-state index contributed by atoms with van der Waals surface area (Å²) >= 11 is 1.54. The third-order valence-electron chi connectivity index (χ3n) is 3.70. The van der Waals surface area contributed by atoms with Crippen LogP contribution in [0.3, 0.4) is 0 Å². The molecule has 2 N–H and O–H groups in total. The van der Waals surface area contributed by atoms with Crippen molar-refractivity contribution in [3.63, 3.8) is 0 Å². The van der Waals surface area contributed by atoms with Crippen molar-refractivity contribution in [1.82, 2.24) is 5.32 Å². The summed E-state index contributed by atoms with van der Waals surface area (Å²) in [6.07, 6.45) is 3.23. The van der Waals surface area contributed by atoms with E-state index in [2.05, 4.69) is 5.32 Å². The van der Waals surface area contributed by atoms with Crippen molar-refractivity contribution in [1.29, 1.82) is 0 Å². The molecule has 1 aliphatic rings. The fraction of sp³-hybridized carbons (Fsp3) is 0.600. The molecule has 1 aromatic rings. The van der Waals surface area contributed by atoms with E-state index < -0.39 is 5.97 Å². The Morgan fingerprint density at radius 3 is 2.65 bits per heavy atom. The van der Waals surface area contributed by atoms with Crippen LogP contribution < -0.4 is 5.32 Å². The van der Waals surface area contributed by atoms with Gasteiger partial charge in [0.15, 0.2) is 0 Å². The number of rotatable bonds is 4. The fourth-order valence-electron chi connectivity index (χ4n) is 2.42. The number of carbonyl (C=O) groups is 2. The number of nitrogens with one attached hydrogen (secondary N) is 1. The lowest BCUT2D eigenvalue weighted by Crippen LogP contribution is -2.44. The Labute approximate surface area is 123 Å². The lowest BCUT2D eigenvalue weighted by molar-refractivity contribution is -0.138. The molecule has 1 aliphatic carbocycles. The Bertz CT molecular complexity index is 506. The summed E-state index contributed by atoms with van der Waals surface area (Å²) in [4.78, 5) is 25.2. The molecule has 0 radical (unpaired) electrons. The van der Waals surface area contributed by atoms with Gasteiger partial charge in [-0.2, -0.15) is 0 Å². The van der Waals surface area contributed by atoms with Gasteiger partial charge in [0.2, 0.25) is 0 Å². The first-order valence-corrected chi connectivity index (χ1v) is 7.73. The molecule has 2 rings (SSSR count). The van der Waals surface area contributed by atoms with Gasteiger partial charge in [-0.15, -0.1) is 11.3 Å². The van der Waals surface area contributed by atoms with Crippen LogP contribution in [0, 0.1) is 5.41 Å². The minimum Gasteiger partial charge on any atom is -0.481 e. The normalized spacial score (nSPS) is 15.8. The maximum Gasteiger partial charge on any atom is 0.305 e.